The Hall–Kier alpha value is -3.87. The Morgan fingerprint density at radius 2 is 1.90 bits per heavy atom. The first-order valence-corrected chi connectivity index (χ1v) is 14.2. The van der Waals surface area contributed by atoms with Crippen LogP contribution < -0.4 is 15.4 Å². The number of methoxy groups -OCH3 is 1. The second-order valence-corrected chi connectivity index (χ2v) is 10.9. The summed E-state index contributed by atoms with van der Waals surface area (Å²) in [6.07, 6.45) is 12.2. The van der Waals surface area contributed by atoms with E-state index in [1.165, 1.54) is 73.7 Å². The number of hydrogen-bond donors (Lipinski definition) is 2. The molecule has 0 aromatic heterocycles. The lowest BCUT2D eigenvalue weighted by molar-refractivity contribution is 0.371. The largest absolute Gasteiger partial charge is 0.494 e. The van der Waals surface area contributed by atoms with Gasteiger partial charge in [-0.2, -0.15) is 4.39 Å². The van der Waals surface area contributed by atoms with E-state index in [4.69, 9.17) is 4.74 Å². The third-order valence-electron chi connectivity index (χ3n) is 7.60. The van der Waals surface area contributed by atoms with Crippen LogP contribution in [0, 0.1) is 17.6 Å². The number of nitrogens with zero attached hydrogens (tertiary/aromatic N) is 2. The molecule has 1 aliphatic heterocycles. The number of nitrogens with one attached hydrogen (secondary N) is 2. The molecule has 0 unspecified atom stereocenters. The van der Waals surface area contributed by atoms with Gasteiger partial charge in [-0.3, -0.25) is 0 Å². The molecule has 2 saturated carbocycles. The molecule has 2 N–H and O–H groups in total. The monoisotopic (exact) mass is 544 g/mol. The summed E-state index contributed by atoms with van der Waals surface area (Å²) in [4.78, 5) is 6.28. The molecule has 2 fully saturated rings. The minimum absolute atomic E-state index is 0.0685. The Bertz CT molecular complexity index is 1430. The number of rotatable bonds is 9. The van der Waals surface area contributed by atoms with E-state index in [0.29, 0.717) is 23.3 Å². The molecule has 2 aliphatic carbocycles. The van der Waals surface area contributed by atoms with Crippen LogP contribution in [-0.2, 0) is 6.42 Å². The van der Waals surface area contributed by atoms with Gasteiger partial charge in [-0.15, -0.1) is 0 Å². The maximum Gasteiger partial charge on any atom is 0.201 e. The summed E-state index contributed by atoms with van der Waals surface area (Å²) < 4.78 is 34.8. The van der Waals surface area contributed by atoms with E-state index in [-0.39, 0.29) is 17.2 Å². The number of halogens is 2. The van der Waals surface area contributed by atoms with Crippen molar-refractivity contribution in [3.8, 4) is 5.75 Å². The number of aryl methyl sites for hydroxylation is 1. The van der Waals surface area contributed by atoms with Crippen molar-refractivity contribution in [3.63, 3.8) is 0 Å². The van der Waals surface area contributed by atoms with Gasteiger partial charge < -0.3 is 20.3 Å². The molecule has 40 heavy (non-hydrogen) atoms. The Labute approximate surface area is 236 Å². The first kappa shape index (κ1) is 27.7. The fraction of sp³-hybridized carbons (Fsp3) is 0.364. The van der Waals surface area contributed by atoms with Gasteiger partial charge in [-0.25, -0.2) is 9.38 Å². The number of amidine groups is 1. The Morgan fingerprint density at radius 1 is 1.15 bits per heavy atom. The summed E-state index contributed by atoms with van der Waals surface area (Å²) in [5.74, 6) is -1.52. The lowest BCUT2D eigenvalue weighted by Crippen LogP contribution is -2.34. The lowest BCUT2D eigenvalue weighted by Gasteiger charge is -2.30. The number of benzene rings is 2. The van der Waals surface area contributed by atoms with Gasteiger partial charge >= 0.3 is 0 Å². The van der Waals surface area contributed by atoms with Crippen molar-refractivity contribution in [1.82, 2.24) is 10.2 Å². The van der Waals surface area contributed by atoms with Gasteiger partial charge in [0.25, 0.3) is 0 Å². The highest BCUT2D eigenvalue weighted by Crippen LogP contribution is 2.39. The lowest BCUT2D eigenvalue weighted by atomic mass is 9.91. The maximum atomic E-state index is 15.2. The fourth-order valence-electron chi connectivity index (χ4n) is 5.07. The molecule has 2 aromatic carbocycles. The van der Waals surface area contributed by atoms with Gasteiger partial charge in [0.15, 0.2) is 17.4 Å². The molecule has 0 radical (unpaired) electrons. The highest BCUT2D eigenvalue weighted by atomic mass is 19.2. The molecular weight excluding hydrogens is 506 g/mol. The van der Waals surface area contributed by atoms with Gasteiger partial charge in [-0.05, 0) is 79.8 Å². The minimum atomic E-state index is -1.02. The zero-order valence-corrected chi connectivity index (χ0v) is 23.8. The molecule has 3 aliphatic rings. The van der Waals surface area contributed by atoms with Crippen molar-refractivity contribution in [2.75, 3.05) is 12.4 Å². The predicted molar refractivity (Wildman–Crippen MR) is 160 cm³/mol. The zero-order chi connectivity index (χ0) is 28.4. The van der Waals surface area contributed by atoms with Crippen LogP contribution in [0.15, 0.2) is 71.6 Å². The van der Waals surface area contributed by atoms with Crippen LogP contribution in [0.1, 0.15) is 69.6 Å². The molecule has 5 rings (SSSR count). The van der Waals surface area contributed by atoms with E-state index in [2.05, 4.69) is 47.3 Å². The third-order valence-corrected chi connectivity index (χ3v) is 7.60. The summed E-state index contributed by atoms with van der Waals surface area (Å²) in [6.45, 7) is 10.4. The molecule has 0 saturated heterocycles. The predicted octanol–water partition coefficient (Wildman–Crippen LogP) is 7.99. The number of ether oxygens (including phenoxy) is 1. The Kier molecular flexibility index (Phi) is 8.10. The standard InChI is InChI=1S/C33H38F2N4O/c1-6-22-19-25(12-13-26(22)32(23-10-11-23)37-24-8-7-9-24)38-33-21(4)39(17-16-36-33)28(18-20(2)3)27-14-15-29(40-5)31(35)30(27)34/h12-20,24,37H,4,6-11H2,1-3,5H3,(H,36,38)/b28-18-. The first-order valence-electron chi connectivity index (χ1n) is 14.2. The summed E-state index contributed by atoms with van der Waals surface area (Å²) in [5, 5.41) is 7.23. The van der Waals surface area contributed by atoms with Gasteiger partial charge in [0.1, 0.15) is 0 Å². The normalized spacial score (nSPS) is 17.1. The van der Waals surface area contributed by atoms with E-state index in [1.807, 2.05) is 19.9 Å². The van der Waals surface area contributed by atoms with Gasteiger partial charge in [0, 0.05) is 41.0 Å². The van der Waals surface area contributed by atoms with E-state index in [1.54, 1.807) is 17.3 Å². The van der Waals surface area contributed by atoms with Crippen LogP contribution in [0.3, 0.4) is 0 Å². The second-order valence-electron chi connectivity index (χ2n) is 10.9. The van der Waals surface area contributed by atoms with Crippen molar-refractivity contribution in [1.29, 1.82) is 0 Å². The number of hydrogen-bond acceptors (Lipinski definition) is 5. The van der Waals surface area contributed by atoms with Gasteiger partial charge in [0.05, 0.1) is 18.5 Å². The average molecular weight is 545 g/mol. The van der Waals surface area contributed by atoms with Crippen LogP contribution in [0.4, 0.5) is 14.5 Å². The number of aliphatic imine (C=N–C) groups is 1. The quantitative estimate of drug-likeness (QED) is 0.336. The van der Waals surface area contributed by atoms with Crippen molar-refractivity contribution >= 4 is 22.9 Å². The summed E-state index contributed by atoms with van der Waals surface area (Å²) in [6, 6.07) is 9.98. The molecule has 210 valence electrons. The van der Waals surface area contributed by atoms with E-state index in [9.17, 15) is 4.39 Å². The summed E-state index contributed by atoms with van der Waals surface area (Å²) in [5.41, 5.74) is 7.40. The molecule has 0 bridgehead atoms. The van der Waals surface area contributed by atoms with Crippen molar-refractivity contribution < 1.29 is 13.5 Å². The summed E-state index contributed by atoms with van der Waals surface area (Å²) >= 11 is 0. The van der Waals surface area contributed by atoms with Crippen LogP contribution in [0.25, 0.3) is 11.4 Å². The van der Waals surface area contributed by atoms with Crippen molar-refractivity contribution in [2.24, 2.45) is 10.9 Å². The molecule has 2 aromatic rings. The average Bonchev–Trinajstić information content (AvgIpc) is 3.75. The molecule has 0 spiro atoms. The van der Waals surface area contributed by atoms with Gasteiger partial charge in [0.2, 0.25) is 5.82 Å². The highest BCUT2D eigenvalue weighted by Gasteiger charge is 2.27. The zero-order valence-electron chi connectivity index (χ0n) is 23.8. The van der Waals surface area contributed by atoms with Crippen LogP contribution >= 0.6 is 0 Å². The van der Waals surface area contributed by atoms with E-state index < -0.39 is 11.6 Å². The molecule has 5 nitrogen and oxygen atoms in total. The number of anilines is 1. The van der Waals surface area contributed by atoms with E-state index >= 15 is 4.39 Å². The Morgan fingerprint density at radius 3 is 2.52 bits per heavy atom. The fourth-order valence-corrected chi connectivity index (χ4v) is 5.07. The smallest absolute Gasteiger partial charge is 0.201 e. The SMILES string of the molecule is C=C1C(Nc2ccc(C(NC3CCC3)=C3CC3)c(CC)c2)=NC=CN1/C(=C\C(C)C)c1ccc(OC)c(F)c1F. The molecular formula is C33H38F2N4O. The van der Waals surface area contributed by atoms with Gasteiger partial charge in [-0.1, -0.05) is 39.5 Å². The summed E-state index contributed by atoms with van der Waals surface area (Å²) in [7, 11) is 1.32. The Balaban J connectivity index is 1.40. The van der Waals surface area contributed by atoms with Crippen molar-refractivity contribution in [2.45, 2.75) is 65.3 Å². The highest BCUT2D eigenvalue weighted by molar-refractivity contribution is 6.09. The van der Waals surface area contributed by atoms with Crippen LogP contribution in [-0.4, -0.2) is 23.9 Å². The molecule has 1 heterocycles. The molecule has 0 atom stereocenters. The van der Waals surface area contributed by atoms with Crippen LogP contribution in [0.5, 0.6) is 5.75 Å². The molecule has 7 heteroatoms. The van der Waals surface area contributed by atoms with Crippen molar-refractivity contribution in [3.05, 3.63) is 95.0 Å². The number of allylic oxidation sites excluding steroid dienone is 2. The third kappa shape index (κ3) is 5.69. The topological polar surface area (TPSA) is 48.9 Å². The second kappa shape index (κ2) is 11.7. The first-order chi connectivity index (χ1) is 19.3. The maximum absolute atomic E-state index is 15.2. The van der Waals surface area contributed by atoms with Crippen LogP contribution in [0.2, 0.25) is 0 Å². The minimum Gasteiger partial charge on any atom is -0.494 e. The van der Waals surface area contributed by atoms with E-state index in [0.717, 1.165) is 12.1 Å². The molecule has 0 amide bonds.